The van der Waals surface area contributed by atoms with Gasteiger partial charge in [-0.3, -0.25) is 0 Å². The molecule has 0 fully saturated rings. The standard InChI is InChI=1S/C18H20O2/c1-19-17-7-4-8-18(12-17)20-13-14-9-10-15-5-2-3-6-16(15)11-14/h2-8,12,14H,9-11,13H2,1H3. The van der Waals surface area contributed by atoms with Crippen LogP contribution in [0, 0.1) is 5.92 Å². The molecule has 0 saturated heterocycles. The first-order valence-electron chi connectivity index (χ1n) is 7.19. The smallest absolute Gasteiger partial charge is 0.122 e. The Balaban J connectivity index is 1.60. The molecule has 20 heavy (non-hydrogen) atoms. The normalized spacial score (nSPS) is 17.4. The van der Waals surface area contributed by atoms with E-state index in [9.17, 15) is 0 Å². The molecule has 0 bridgehead atoms. The molecule has 2 nitrogen and oxygen atoms in total. The fourth-order valence-electron chi connectivity index (χ4n) is 2.82. The van der Waals surface area contributed by atoms with Crippen LogP contribution in [0.5, 0.6) is 11.5 Å². The van der Waals surface area contributed by atoms with Gasteiger partial charge >= 0.3 is 0 Å². The van der Waals surface area contributed by atoms with Crippen LogP contribution in [0.3, 0.4) is 0 Å². The highest BCUT2D eigenvalue weighted by atomic mass is 16.5. The second-order valence-electron chi connectivity index (χ2n) is 5.37. The Hall–Kier alpha value is -1.96. The van der Waals surface area contributed by atoms with Gasteiger partial charge in [0.15, 0.2) is 0 Å². The zero-order chi connectivity index (χ0) is 13.8. The van der Waals surface area contributed by atoms with Gasteiger partial charge in [-0.25, -0.2) is 0 Å². The monoisotopic (exact) mass is 268 g/mol. The molecule has 0 heterocycles. The highest BCUT2D eigenvalue weighted by Gasteiger charge is 2.18. The van der Waals surface area contributed by atoms with Crippen molar-refractivity contribution in [2.75, 3.05) is 13.7 Å². The Morgan fingerprint density at radius 2 is 1.80 bits per heavy atom. The van der Waals surface area contributed by atoms with Gasteiger partial charge in [0, 0.05) is 6.07 Å². The maximum atomic E-state index is 5.92. The van der Waals surface area contributed by atoms with Crippen LogP contribution in [0.25, 0.3) is 0 Å². The molecule has 2 aromatic carbocycles. The van der Waals surface area contributed by atoms with Gasteiger partial charge in [-0.1, -0.05) is 30.3 Å². The van der Waals surface area contributed by atoms with E-state index in [1.54, 1.807) is 7.11 Å². The summed E-state index contributed by atoms with van der Waals surface area (Å²) in [7, 11) is 1.68. The van der Waals surface area contributed by atoms with Crippen LogP contribution in [-0.2, 0) is 12.8 Å². The minimum absolute atomic E-state index is 0.608. The van der Waals surface area contributed by atoms with Gasteiger partial charge in [0.05, 0.1) is 13.7 Å². The molecule has 2 heteroatoms. The highest BCUT2D eigenvalue weighted by molar-refractivity contribution is 5.33. The van der Waals surface area contributed by atoms with Crippen LogP contribution >= 0.6 is 0 Å². The summed E-state index contributed by atoms with van der Waals surface area (Å²) in [5.74, 6) is 2.34. The summed E-state index contributed by atoms with van der Waals surface area (Å²) in [6, 6.07) is 16.6. The Morgan fingerprint density at radius 3 is 2.65 bits per heavy atom. The number of rotatable bonds is 4. The molecule has 0 amide bonds. The zero-order valence-electron chi connectivity index (χ0n) is 11.8. The lowest BCUT2D eigenvalue weighted by Gasteiger charge is -2.24. The first kappa shape index (κ1) is 13.0. The van der Waals surface area contributed by atoms with Gasteiger partial charge in [0.2, 0.25) is 0 Å². The number of ether oxygens (including phenoxy) is 2. The minimum Gasteiger partial charge on any atom is -0.497 e. The molecule has 3 rings (SSSR count). The van der Waals surface area contributed by atoms with E-state index in [1.807, 2.05) is 24.3 Å². The summed E-state index contributed by atoms with van der Waals surface area (Å²) in [6.45, 7) is 0.779. The number of hydrogen-bond acceptors (Lipinski definition) is 2. The number of fused-ring (bicyclic) bond motifs is 1. The van der Waals surface area contributed by atoms with E-state index in [0.29, 0.717) is 5.92 Å². The third-order valence-electron chi connectivity index (χ3n) is 3.98. The highest BCUT2D eigenvalue weighted by Crippen LogP contribution is 2.26. The number of hydrogen-bond donors (Lipinski definition) is 0. The number of aryl methyl sites for hydroxylation is 1. The molecule has 1 atom stereocenters. The van der Waals surface area contributed by atoms with Crippen molar-refractivity contribution in [1.82, 2.24) is 0 Å². The van der Waals surface area contributed by atoms with Gasteiger partial charge in [0.25, 0.3) is 0 Å². The van der Waals surface area contributed by atoms with E-state index in [1.165, 1.54) is 24.0 Å². The van der Waals surface area contributed by atoms with Gasteiger partial charge in [-0.2, -0.15) is 0 Å². The lowest BCUT2D eigenvalue weighted by molar-refractivity contribution is 0.233. The maximum absolute atomic E-state index is 5.92. The zero-order valence-corrected chi connectivity index (χ0v) is 11.8. The van der Waals surface area contributed by atoms with Crippen molar-refractivity contribution in [2.24, 2.45) is 5.92 Å². The van der Waals surface area contributed by atoms with Crippen LogP contribution in [-0.4, -0.2) is 13.7 Å². The van der Waals surface area contributed by atoms with E-state index in [4.69, 9.17) is 9.47 Å². The summed E-state index contributed by atoms with van der Waals surface area (Å²) in [4.78, 5) is 0. The van der Waals surface area contributed by atoms with E-state index in [-0.39, 0.29) is 0 Å². The molecule has 0 spiro atoms. The predicted molar refractivity (Wildman–Crippen MR) is 80.4 cm³/mol. The van der Waals surface area contributed by atoms with Gasteiger partial charge in [0.1, 0.15) is 11.5 Å². The largest absolute Gasteiger partial charge is 0.497 e. The molecule has 0 aromatic heterocycles. The Morgan fingerprint density at radius 1 is 1.00 bits per heavy atom. The molecule has 0 aliphatic heterocycles. The molecule has 2 aromatic rings. The fraction of sp³-hybridized carbons (Fsp3) is 0.333. The third kappa shape index (κ3) is 2.96. The average Bonchev–Trinajstić information content (AvgIpc) is 2.53. The molecule has 0 saturated carbocycles. The van der Waals surface area contributed by atoms with Crippen LogP contribution in [0.2, 0.25) is 0 Å². The van der Waals surface area contributed by atoms with Crippen molar-refractivity contribution in [3.05, 3.63) is 59.7 Å². The molecular weight excluding hydrogens is 248 g/mol. The van der Waals surface area contributed by atoms with Crippen LogP contribution < -0.4 is 9.47 Å². The lowest BCUT2D eigenvalue weighted by Crippen LogP contribution is -2.20. The molecule has 0 radical (unpaired) electrons. The lowest BCUT2D eigenvalue weighted by atomic mass is 9.84. The maximum Gasteiger partial charge on any atom is 0.122 e. The summed E-state index contributed by atoms with van der Waals surface area (Å²) in [5, 5.41) is 0. The molecule has 1 aliphatic rings. The first-order valence-corrected chi connectivity index (χ1v) is 7.19. The van der Waals surface area contributed by atoms with Crippen molar-refractivity contribution < 1.29 is 9.47 Å². The molecule has 0 N–H and O–H groups in total. The molecular formula is C18H20O2. The summed E-state index contributed by atoms with van der Waals surface area (Å²) < 4.78 is 11.1. The summed E-state index contributed by atoms with van der Waals surface area (Å²) in [5.41, 5.74) is 2.99. The van der Waals surface area contributed by atoms with Crippen molar-refractivity contribution in [3.8, 4) is 11.5 Å². The van der Waals surface area contributed by atoms with E-state index >= 15 is 0 Å². The number of methoxy groups -OCH3 is 1. The predicted octanol–water partition coefficient (Wildman–Crippen LogP) is 3.88. The van der Waals surface area contributed by atoms with E-state index in [2.05, 4.69) is 24.3 Å². The Labute approximate surface area is 120 Å². The fourth-order valence-corrected chi connectivity index (χ4v) is 2.82. The Bertz CT molecular complexity index is 577. The second kappa shape index (κ2) is 6.00. The first-order chi connectivity index (χ1) is 9.85. The van der Waals surface area contributed by atoms with Crippen LogP contribution in [0.4, 0.5) is 0 Å². The minimum atomic E-state index is 0.608. The Kier molecular flexibility index (Phi) is 3.91. The summed E-state index contributed by atoms with van der Waals surface area (Å²) in [6.07, 6.45) is 3.50. The van der Waals surface area contributed by atoms with Gasteiger partial charge < -0.3 is 9.47 Å². The quantitative estimate of drug-likeness (QED) is 0.837. The van der Waals surface area contributed by atoms with E-state index < -0.39 is 0 Å². The van der Waals surface area contributed by atoms with Crippen molar-refractivity contribution >= 4 is 0 Å². The average molecular weight is 268 g/mol. The van der Waals surface area contributed by atoms with Crippen molar-refractivity contribution in [3.63, 3.8) is 0 Å². The van der Waals surface area contributed by atoms with Crippen LogP contribution in [0.1, 0.15) is 17.5 Å². The summed E-state index contributed by atoms with van der Waals surface area (Å²) >= 11 is 0. The SMILES string of the molecule is COc1cccc(OCC2CCc3ccccc3C2)c1. The molecule has 104 valence electrons. The van der Waals surface area contributed by atoms with Crippen LogP contribution in [0.15, 0.2) is 48.5 Å². The molecule has 1 aliphatic carbocycles. The van der Waals surface area contributed by atoms with Crippen molar-refractivity contribution in [2.45, 2.75) is 19.3 Å². The molecule has 1 unspecified atom stereocenters. The second-order valence-corrected chi connectivity index (χ2v) is 5.37. The van der Waals surface area contributed by atoms with Gasteiger partial charge in [-0.15, -0.1) is 0 Å². The third-order valence-corrected chi connectivity index (χ3v) is 3.98. The van der Waals surface area contributed by atoms with Gasteiger partial charge in [-0.05, 0) is 48.4 Å². The van der Waals surface area contributed by atoms with E-state index in [0.717, 1.165) is 24.5 Å². The number of benzene rings is 2. The topological polar surface area (TPSA) is 18.5 Å². The van der Waals surface area contributed by atoms with Crippen molar-refractivity contribution in [1.29, 1.82) is 0 Å².